The van der Waals surface area contributed by atoms with Gasteiger partial charge in [-0.05, 0) is 43.0 Å². The highest BCUT2D eigenvalue weighted by atomic mass is 19.2. The minimum atomic E-state index is -1.11. The van der Waals surface area contributed by atoms with Gasteiger partial charge in [-0.25, -0.2) is 18.7 Å². The van der Waals surface area contributed by atoms with Crippen LogP contribution in [0.5, 0.6) is 5.75 Å². The van der Waals surface area contributed by atoms with Crippen LogP contribution in [0.4, 0.5) is 26.1 Å². The molecule has 5 N–H and O–H groups in total. The second kappa shape index (κ2) is 13.1. The number of benzene rings is 2. The smallest absolute Gasteiger partial charge is 0.230 e. The summed E-state index contributed by atoms with van der Waals surface area (Å²) < 4.78 is 33.0. The van der Waals surface area contributed by atoms with E-state index in [0.717, 1.165) is 17.9 Å². The van der Waals surface area contributed by atoms with Gasteiger partial charge >= 0.3 is 0 Å². The molecule has 0 spiro atoms. The van der Waals surface area contributed by atoms with E-state index in [1.165, 1.54) is 18.5 Å². The first-order chi connectivity index (χ1) is 18.8. The average Bonchev–Trinajstić information content (AvgIpc) is 3.32. The number of carbonyl (C=O) groups is 1. The van der Waals surface area contributed by atoms with Crippen LogP contribution in [0.25, 0.3) is 10.9 Å². The van der Waals surface area contributed by atoms with Crippen molar-refractivity contribution in [2.45, 2.75) is 39.3 Å². The monoisotopic (exact) mass is 539 g/mol. The molecular weight excluding hydrogens is 508 g/mol. The van der Waals surface area contributed by atoms with Gasteiger partial charge in [0.05, 0.1) is 24.2 Å². The zero-order valence-corrected chi connectivity index (χ0v) is 21.7. The Kier molecular flexibility index (Phi) is 9.34. The van der Waals surface area contributed by atoms with E-state index < -0.39 is 23.8 Å². The molecule has 0 saturated carbocycles. The zero-order valence-electron chi connectivity index (χ0n) is 21.7. The van der Waals surface area contributed by atoms with E-state index in [1.807, 2.05) is 18.2 Å². The van der Waals surface area contributed by atoms with Crippen LogP contribution >= 0.6 is 0 Å². The number of aliphatic hydroxyl groups is 1. The average molecular weight is 540 g/mol. The second-order valence-electron chi connectivity index (χ2n) is 9.43. The molecule has 206 valence electrons. The first-order valence-electron chi connectivity index (χ1n) is 12.6. The Morgan fingerprint density at radius 3 is 2.82 bits per heavy atom. The molecule has 2 aromatic carbocycles. The van der Waals surface area contributed by atoms with Crippen LogP contribution in [-0.4, -0.2) is 50.6 Å². The Morgan fingerprint density at radius 2 is 2.00 bits per heavy atom. The van der Waals surface area contributed by atoms with Crippen molar-refractivity contribution in [3.63, 3.8) is 0 Å². The van der Waals surface area contributed by atoms with E-state index in [9.17, 15) is 18.7 Å². The SMILES string of the molecule is CC(C)CC(O)NCCCOc1ccc2c(Nc3cc(CC(=O)Nc4cccc(F)c4F)[nH]n3)ncnc2c1. The minimum Gasteiger partial charge on any atom is -0.493 e. The Labute approximate surface area is 224 Å². The van der Waals surface area contributed by atoms with E-state index >= 15 is 0 Å². The Morgan fingerprint density at radius 1 is 1.15 bits per heavy atom. The normalized spacial score (nSPS) is 12.1. The van der Waals surface area contributed by atoms with E-state index in [-0.39, 0.29) is 12.1 Å². The summed E-state index contributed by atoms with van der Waals surface area (Å²) in [6.45, 7) is 5.26. The molecule has 10 nitrogen and oxygen atoms in total. The van der Waals surface area contributed by atoms with Crippen LogP contribution < -0.4 is 20.7 Å². The molecule has 0 fully saturated rings. The second-order valence-corrected chi connectivity index (χ2v) is 9.43. The molecular formula is C27H31F2N7O3. The van der Waals surface area contributed by atoms with Crippen molar-refractivity contribution in [1.82, 2.24) is 25.5 Å². The number of halogens is 2. The van der Waals surface area contributed by atoms with E-state index in [2.05, 4.69) is 50.0 Å². The molecule has 12 heteroatoms. The number of amides is 1. The van der Waals surface area contributed by atoms with E-state index in [0.29, 0.717) is 54.1 Å². The summed E-state index contributed by atoms with van der Waals surface area (Å²) >= 11 is 0. The van der Waals surface area contributed by atoms with Crippen molar-refractivity contribution in [2.75, 3.05) is 23.8 Å². The summed E-state index contributed by atoms with van der Waals surface area (Å²) in [6.07, 6.45) is 2.22. The summed E-state index contributed by atoms with van der Waals surface area (Å²) in [5, 5.41) is 26.1. The van der Waals surface area contributed by atoms with Crippen LogP contribution in [0.3, 0.4) is 0 Å². The molecule has 2 aromatic heterocycles. The molecule has 0 aliphatic heterocycles. The van der Waals surface area contributed by atoms with Crippen LogP contribution in [-0.2, 0) is 11.2 Å². The number of carbonyl (C=O) groups excluding carboxylic acids is 1. The maximum Gasteiger partial charge on any atom is 0.230 e. The number of ether oxygens (including phenoxy) is 1. The molecule has 39 heavy (non-hydrogen) atoms. The fourth-order valence-corrected chi connectivity index (χ4v) is 3.89. The lowest BCUT2D eigenvalue weighted by molar-refractivity contribution is -0.115. The first kappa shape index (κ1) is 27.9. The number of hydrogen-bond donors (Lipinski definition) is 5. The van der Waals surface area contributed by atoms with Crippen molar-refractivity contribution in [2.24, 2.45) is 5.92 Å². The first-order valence-corrected chi connectivity index (χ1v) is 12.6. The molecule has 4 aromatic rings. The predicted molar refractivity (Wildman–Crippen MR) is 144 cm³/mol. The van der Waals surface area contributed by atoms with Crippen molar-refractivity contribution >= 4 is 34.1 Å². The van der Waals surface area contributed by atoms with Gasteiger partial charge in [0.15, 0.2) is 17.5 Å². The third kappa shape index (κ3) is 7.91. The molecule has 0 bridgehead atoms. The third-order valence-corrected chi connectivity index (χ3v) is 5.73. The van der Waals surface area contributed by atoms with Gasteiger partial charge in [0.2, 0.25) is 5.91 Å². The molecule has 0 aliphatic rings. The number of hydrogen-bond acceptors (Lipinski definition) is 8. The minimum absolute atomic E-state index is 0.123. The lowest BCUT2D eigenvalue weighted by atomic mass is 10.1. The summed E-state index contributed by atoms with van der Waals surface area (Å²) in [5.74, 6) is -0.668. The van der Waals surface area contributed by atoms with Crippen molar-refractivity contribution in [3.8, 4) is 5.75 Å². The Bertz CT molecular complexity index is 1410. The highest BCUT2D eigenvalue weighted by Crippen LogP contribution is 2.26. The number of nitrogens with zero attached hydrogens (tertiary/aromatic N) is 3. The number of aromatic amines is 1. The number of H-pyrrole nitrogens is 1. The molecule has 0 saturated heterocycles. The van der Waals surface area contributed by atoms with Gasteiger partial charge in [-0.3, -0.25) is 15.2 Å². The molecule has 1 atom stereocenters. The number of nitrogens with one attached hydrogen (secondary N) is 4. The van der Waals surface area contributed by atoms with Gasteiger partial charge in [-0.15, -0.1) is 0 Å². The highest BCUT2D eigenvalue weighted by Gasteiger charge is 2.13. The number of rotatable bonds is 13. The van der Waals surface area contributed by atoms with Crippen LogP contribution in [0.1, 0.15) is 32.4 Å². The summed E-state index contributed by atoms with van der Waals surface area (Å²) in [4.78, 5) is 20.9. The number of anilines is 3. The van der Waals surface area contributed by atoms with Gasteiger partial charge in [0, 0.05) is 29.8 Å². The number of aliphatic hydroxyl groups excluding tert-OH is 1. The number of aromatic nitrogens is 4. The predicted octanol–water partition coefficient (Wildman–Crippen LogP) is 4.28. The van der Waals surface area contributed by atoms with Crippen LogP contribution in [0, 0.1) is 17.6 Å². The summed E-state index contributed by atoms with van der Waals surface area (Å²) in [6, 6.07) is 10.7. The maximum absolute atomic E-state index is 13.8. The molecule has 4 rings (SSSR count). The van der Waals surface area contributed by atoms with Crippen molar-refractivity contribution in [1.29, 1.82) is 0 Å². The lowest BCUT2D eigenvalue weighted by Gasteiger charge is -2.15. The zero-order chi connectivity index (χ0) is 27.8. The lowest BCUT2D eigenvalue weighted by Crippen LogP contribution is -2.31. The van der Waals surface area contributed by atoms with Crippen LogP contribution in [0.2, 0.25) is 0 Å². The molecule has 0 aliphatic carbocycles. The van der Waals surface area contributed by atoms with Gasteiger partial charge in [0.25, 0.3) is 0 Å². The Hall–Kier alpha value is -4.16. The highest BCUT2D eigenvalue weighted by molar-refractivity contribution is 5.93. The summed E-state index contributed by atoms with van der Waals surface area (Å²) in [7, 11) is 0. The molecule has 1 unspecified atom stereocenters. The molecule has 0 radical (unpaired) electrons. The fourth-order valence-electron chi connectivity index (χ4n) is 3.89. The third-order valence-electron chi connectivity index (χ3n) is 5.73. The largest absolute Gasteiger partial charge is 0.493 e. The van der Waals surface area contributed by atoms with Gasteiger partial charge in [-0.1, -0.05) is 19.9 Å². The van der Waals surface area contributed by atoms with Crippen LogP contribution in [0.15, 0.2) is 48.8 Å². The summed E-state index contributed by atoms with van der Waals surface area (Å²) in [5.41, 5.74) is 0.903. The maximum atomic E-state index is 13.8. The van der Waals surface area contributed by atoms with Gasteiger partial charge in [-0.2, -0.15) is 5.10 Å². The van der Waals surface area contributed by atoms with E-state index in [4.69, 9.17) is 4.74 Å². The van der Waals surface area contributed by atoms with Gasteiger partial charge < -0.3 is 20.5 Å². The molecule has 2 heterocycles. The van der Waals surface area contributed by atoms with Crippen molar-refractivity contribution in [3.05, 3.63) is 66.1 Å². The van der Waals surface area contributed by atoms with E-state index in [1.54, 1.807) is 6.07 Å². The number of fused-ring (bicyclic) bond motifs is 1. The van der Waals surface area contributed by atoms with Crippen molar-refractivity contribution < 1.29 is 23.4 Å². The molecule has 1 amide bonds. The fraction of sp³-hybridized carbons (Fsp3) is 0.333. The topological polar surface area (TPSA) is 137 Å². The standard InChI is InChI=1S/C27H31F2N7O3/c1-16(2)11-24(37)30-9-4-10-39-18-7-8-19-22(14-18)31-15-32-27(19)34-23-12-17(35-36-23)13-25(38)33-21-6-3-5-20(28)26(21)29/h3,5-8,12,14-16,24,30,37H,4,9-11,13H2,1-2H3,(H,33,38)(H2,31,32,34,35,36). The Balaban J connectivity index is 1.31. The van der Waals surface area contributed by atoms with Gasteiger partial charge in [0.1, 0.15) is 24.1 Å². The quantitative estimate of drug-likeness (QED) is 0.125.